The van der Waals surface area contributed by atoms with Gasteiger partial charge < -0.3 is 10.2 Å². The van der Waals surface area contributed by atoms with Crippen LogP contribution in [0.1, 0.15) is 0 Å². The summed E-state index contributed by atoms with van der Waals surface area (Å²) in [5.74, 6) is -0.249. The minimum Gasteiger partial charge on any atom is -0.355 e. The molecule has 13 heavy (non-hydrogen) atoms. The molecule has 0 heterocycles. The van der Waals surface area contributed by atoms with Crippen LogP contribution in [-0.2, 0) is 0 Å². The van der Waals surface area contributed by atoms with Gasteiger partial charge in [0, 0.05) is 19.8 Å². The first kappa shape index (κ1) is 9.92. The Morgan fingerprint density at radius 1 is 1.31 bits per heavy atom. The molecule has 0 saturated carbocycles. The second-order valence-corrected chi connectivity index (χ2v) is 3.22. The molecule has 1 aromatic rings. The molecule has 0 amide bonds. The number of anilines is 1. The summed E-state index contributed by atoms with van der Waals surface area (Å²) >= 11 is 5.01. The first-order valence-electron chi connectivity index (χ1n) is 3.83. The van der Waals surface area contributed by atoms with Crippen LogP contribution in [-0.4, -0.2) is 24.1 Å². The van der Waals surface area contributed by atoms with Crippen LogP contribution >= 0.6 is 12.2 Å². The normalized spacial score (nSPS) is 9.46. The molecular weight excluding hydrogens is 187 g/mol. The Labute approximate surface area is 82.4 Å². The Balaban J connectivity index is 2.65. The number of nitrogens with zero attached hydrogens (tertiary/aromatic N) is 1. The second-order valence-electron chi connectivity index (χ2n) is 2.83. The van der Waals surface area contributed by atoms with Gasteiger partial charge in [-0.1, -0.05) is 0 Å². The molecular formula is C9H11FN2S. The molecule has 0 aliphatic carbocycles. The average molecular weight is 198 g/mol. The van der Waals surface area contributed by atoms with Crippen molar-refractivity contribution in [2.24, 2.45) is 0 Å². The zero-order valence-electron chi connectivity index (χ0n) is 7.54. The van der Waals surface area contributed by atoms with Crippen molar-refractivity contribution in [3.8, 4) is 0 Å². The van der Waals surface area contributed by atoms with Gasteiger partial charge in [0.2, 0.25) is 0 Å². The highest BCUT2D eigenvalue weighted by molar-refractivity contribution is 7.80. The Morgan fingerprint density at radius 3 is 2.31 bits per heavy atom. The quantitative estimate of drug-likeness (QED) is 0.695. The van der Waals surface area contributed by atoms with Gasteiger partial charge in [0.1, 0.15) is 5.82 Å². The van der Waals surface area contributed by atoms with Crippen molar-refractivity contribution in [1.82, 2.24) is 4.90 Å². The molecule has 0 aliphatic heterocycles. The summed E-state index contributed by atoms with van der Waals surface area (Å²) in [7, 11) is 3.69. The fraction of sp³-hybridized carbons (Fsp3) is 0.222. The van der Waals surface area contributed by atoms with Gasteiger partial charge in [-0.2, -0.15) is 0 Å². The van der Waals surface area contributed by atoms with Crippen LogP contribution in [0.4, 0.5) is 10.1 Å². The maximum atomic E-state index is 12.5. The fourth-order valence-electron chi connectivity index (χ4n) is 0.769. The second kappa shape index (κ2) is 4.18. The molecule has 0 unspecified atom stereocenters. The van der Waals surface area contributed by atoms with Gasteiger partial charge in [0.15, 0.2) is 5.11 Å². The van der Waals surface area contributed by atoms with E-state index in [0.29, 0.717) is 5.11 Å². The molecule has 1 N–H and O–H groups in total. The van der Waals surface area contributed by atoms with Crippen molar-refractivity contribution in [2.75, 3.05) is 19.4 Å². The summed E-state index contributed by atoms with van der Waals surface area (Å²) in [5, 5.41) is 3.56. The molecule has 1 rings (SSSR count). The average Bonchev–Trinajstić information content (AvgIpc) is 2.08. The summed E-state index contributed by atoms with van der Waals surface area (Å²) in [6, 6.07) is 6.07. The van der Waals surface area contributed by atoms with Crippen LogP contribution in [0, 0.1) is 5.82 Å². The minimum absolute atomic E-state index is 0.249. The molecule has 0 aromatic heterocycles. The van der Waals surface area contributed by atoms with E-state index in [0.717, 1.165) is 5.69 Å². The Kier molecular flexibility index (Phi) is 3.19. The number of halogens is 1. The number of thiocarbonyl (C=S) groups is 1. The van der Waals surface area contributed by atoms with Crippen LogP contribution < -0.4 is 5.32 Å². The number of hydrogen-bond acceptors (Lipinski definition) is 1. The van der Waals surface area contributed by atoms with E-state index < -0.39 is 0 Å². The molecule has 0 saturated heterocycles. The van der Waals surface area contributed by atoms with Crippen molar-refractivity contribution in [3.63, 3.8) is 0 Å². The molecule has 0 atom stereocenters. The standard InChI is InChI=1S/C9H11FN2S/c1-12(2)9(13)11-8-5-3-7(10)4-6-8/h3-6H,1-2H3,(H,11,13). The molecule has 0 aliphatic rings. The van der Waals surface area contributed by atoms with Crippen molar-refractivity contribution >= 4 is 23.0 Å². The van der Waals surface area contributed by atoms with E-state index in [-0.39, 0.29) is 5.82 Å². The lowest BCUT2D eigenvalue weighted by Crippen LogP contribution is -2.26. The number of hydrogen-bond donors (Lipinski definition) is 1. The maximum absolute atomic E-state index is 12.5. The lowest BCUT2D eigenvalue weighted by atomic mass is 10.3. The van der Waals surface area contributed by atoms with E-state index in [4.69, 9.17) is 12.2 Å². The van der Waals surface area contributed by atoms with Crippen molar-refractivity contribution in [3.05, 3.63) is 30.1 Å². The fourth-order valence-corrected chi connectivity index (χ4v) is 0.886. The Morgan fingerprint density at radius 2 is 1.85 bits per heavy atom. The summed E-state index contributed by atoms with van der Waals surface area (Å²) in [6.45, 7) is 0. The highest BCUT2D eigenvalue weighted by atomic mass is 32.1. The van der Waals surface area contributed by atoms with E-state index >= 15 is 0 Å². The molecule has 4 heteroatoms. The van der Waals surface area contributed by atoms with Crippen molar-refractivity contribution < 1.29 is 4.39 Å². The highest BCUT2D eigenvalue weighted by Crippen LogP contribution is 2.08. The van der Waals surface area contributed by atoms with Gasteiger partial charge in [-0.25, -0.2) is 4.39 Å². The molecule has 1 aromatic carbocycles. The molecule has 0 fully saturated rings. The molecule has 0 bridgehead atoms. The topological polar surface area (TPSA) is 15.3 Å². The third kappa shape index (κ3) is 2.99. The predicted octanol–water partition coefficient (Wildman–Crippen LogP) is 2.08. The highest BCUT2D eigenvalue weighted by Gasteiger charge is 1.98. The third-order valence-electron chi connectivity index (χ3n) is 1.50. The Bertz CT molecular complexity index is 295. The zero-order valence-corrected chi connectivity index (χ0v) is 8.36. The number of rotatable bonds is 1. The van der Waals surface area contributed by atoms with Gasteiger partial charge in [0.05, 0.1) is 0 Å². The minimum atomic E-state index is -0.249. The molecule has 0 radical (unpaired) electrons. The van der Waals surface area contributed by atoms with Gasteiger partial charge in [-0.15, -0.1) is 0 Å². The van der Waals surface area contributed by atoms with E-state index in [1.807, 2.05) is 14.1 Å². The molecule has 70 valence electrons. The van der Waals surface area contributed by atoms with Crippen molar-refractivity contribution in [2.45, 2.75) is 0 Å². The predicted molar refractivity (Wildman–Crippen MR) is 56.3 cm³/mol. The first-order valence-corrected chi connectivity index (χ1v) is 4.24. The largest absolute Gasteiger partial charge is 0.355 e. The summed E-state index contributed by atoms with van der Waals surface area (Å²) in [4.78, 5) is 1.78. The van der Waals surface area contributed by atoms with Gasteiger partial charge in [0.25, 0.3) is 0 Å². The van der Waals surface area contributed by atoms with E-state index in [1.165, 1.54) is 12.1 Å². The van der Waals surface area contributed by atoms with Crippen LogP contribution in [0.15, 0.2) is 24.3 Å². The monoisotopic (exact) mass is 198 g/mol. The number of nitrogens with one attached hydrogen (secondary N) is 1. The van der Waals surface area contributed by atoms with Gasteiger partial charge in [-0.05, 0) is 36.5 Å². The Hall–Kier alpha value is -1.16. The van der Waals surface area contributed by atoms with E-state index in [9.17, 15) is 4.39 Å². The van der Waals surface area contributed by atoms with E-state index in [2.05, 4.69) is 5.32 Å². The first-order chi connectivity index (χ1) is 6.09. The van der Waals surface area contributed by atoms with Crippen LogP contribution in [0.5, 0.6) is 0 Å². The van der Waals surface area contributed by atoms with Crippen LogP contribution in [0.3, 0.4) is 0 Å². The summed E-state index contributed by atoms with van der Waals surface area (Å²) in [6.07, 6.45) is 0. The van der Waals surface area contributed by atoms with Crippen molar-refractivity contribution in [1.29, 1.82) is 0 Å². The number of benzene rings is 1. The lowest BCUT2D eigenvalue weighted by molar-refractivity contribution is 0.627. The zero-order chi connectivity index (χ0) is 9.84. The maximum Gasteiger partial charge on any atom is 0.172 e. The molecule has 0 spiro atoms. The van der Waals surface area contributed by atoms with Gasteiger partial charge >= 0.3 is 0 Å². The summed E-state index contributed by atoms with van der Waals surface area (Å²) in [5.41, 5.74) is 0.792. The third-order valence-corrected chi connectivity index (χ3v) is 1.97. The smallest absolute Gasteiger partial charge is 0.172 e. The lowest BCUT2D eigenvalue weighted by Gasteiger charge is -2.15. The van der Waals surface area contributed by atoms with E-state index in [1.54, 1.807) is 17.0 Å². The van der Waals surface area contributed by atoms with Crippen LogP contribution in [0.2, 0.25) is 0 Å². The summed E-state index contributed by atoms with van der Waals surface area (Å²) < 4.78 is 12.5. The SMILES string of the molecule is CN(C)C(=S)Nc1ccc(F)cc1. The molecule has 2 nitrogen and oxygen atoms in total. The van der Waals surface area contributed by atoms with Crippen LogP contribution in [0.25, 0.3) is 0 Å². The van der Waals surface area contributed by atoms with Gasteiger partial charge in [-0.3, -0.25) is 0 Å².